The molecule has 18 heavy (non-hydrogen) atoms. The maximum Gasteiger partial charge on any atom is 0.194 e. The molecule has 5 heteroatoms. The fourth-order valence-electron chi connectivity index (χ4n) is 1.65. The zero-order valence-electron chi connectivity index (χ0n) is 10.0. The van der Waals surface area contributed by atoms with E-state index in [0.29, 0.717) is 0 Å². The van der Waals surface area contributed by atoms with Gasteiger partial charge in [0, 0.05) is 20.0 Å². The Balaban J connectivity index is 2.16. The van der Waals surface area contributed by atoms with Crippen molar-refractivity contribution in [2.45, 2.75) is 12.8 Å². The van der Waals surface area contributed by atoms with Gasteiger partial charge in [-0.05, 0) is 60.8 Å². The van der Waals surface area contributed by atoms with E-state index in [2.05, 4.69) is 61.0 Å². The van der Waals surface area contributed by atoms with Gasteiger partial charge in [0.05, 0.1) is 6.20 Å². The van der Waals surface area contributed by atoms with Crippen LogP contribution in [0.15, 0.2) is 33.3 Å². The molecule has 0 saturated carbocycles. The number of aryl methyl sites for hydroxylation is 1. The zero-order chi connectivity index (χ0) is 13.0. The minimum atomic E-state index is 0.802. The van der Waals surface area contributed by atoms with Gasteiger partial charge in [-0.1, -0.05) is 15.9 Å². The highest BCUT2D eigenvalue weighted by atomic mass is 127. The van der Waals surface area contributed by atoms with Crippen LogP contribution in [0.5, 0.6) is 0 Å². The van der Waals surface area contributed by atoms with Crippen LogP contribution in [0.4, 0.5) is 0 Å². The van der Waals surface area contributed by atoms with Gasteiger partial charge in [-0.3, -0.25) is 0 Å². The van der Waals surface area contributed by atoms with E-state index in [1.54, 1.807) is 6.20 Å². The molecule has 0 aliphatic carbocycles. The quantitative estimate of drug-likeness (QED) is 0.589. The van der Waals surface area contributed by atoms with E-state index in [4.69, 9.17) is 4.42 Å². The maximum absolute atomic E-state index is 5.79. The number of aromatic nitrogens is 1. The number of oxazole rings is 1. The molecular formula is C13H14BrIN2O. The Bertz CT molecular complexity index is 527. The average Bonchev–Trinajstić information content (AvgIpc) is 2.81. The molecule has 1 aromatic carbocycles. The van der Waals surface area contributed by atoms with E-state index in [-0.39, 0.29) is 0 Å². The van der Waals surface area contributed by atoms with Crippen LogP contribution in [0.2, 0.25) is 0 Å². The van der Waals surface area contributed by atoms with Gasteiger partial charge in [-0.15, -0.1) is 0 Å². The SMILES string of the molecule is CNCCCc1ncc(-c2cc(Br)ccc2I)o1. The lowest BCUT2D eigenvalue weighted by Gasteiger charge is -2.01. The molecule has 96 valence electrons. The van der Waals surface area contributed by atoms with Crippen molar-refractivity contribution in [3.8, 4) is 11.3 Å². The number of benzene rings is 1. The highest BCUT2D eigenvalue weighted by Gasteiger charge is 2.10. The lowest BCUT2D eigenvalue weighted by Crippen LogP contribution is -2.08. The summed E-state index contributed by atoms with van der Waals surface area (Å²) in [7, 11) is 1.95. The Morgan fingerprint density at radius 3 is 3.06 bits per heavy atom. The first-order valence-electron chi connectivity index (χ1n) is 5.75. The molecule has 0 bridgehead atoms. The number of nitrogens with zero attached hydrogens (tertiary/aromatic N) is 1. The number of nitrogens with one attached hydrogen (secondary N) is 1. The topological polar surface area (TPSA) is 38.1 Å². The Kier molecular flexibility index (Phi) is 5.20. The summed E-state index contributed by atoms with van der Waals surface area (Å²) in [5.74, 6) is 1.64. The first-order chi connectivity index (χ1) is 8.70. The van der Waals surface area contributed by atoms with Crippen LogP contribution in [0, 0.1) is 3.57 Å². The third-order valence-electron chi connectivity index (χ3n) is 2.56. The Morgan fingerprint density at radius 2 is 2.28 bits per heavy atom. The Hall–Kier alpha value is -0.400. The molecule has 0 aliphatic rings. The molecule has 3 nitrogen and oxygen atoms in total. The highest BCUT2D eigenvalue weighted by Crippen LogP contribution is 2.29. The minimum absolute atomic E-state index is 0.802. The minimum Gasteiger partial charge on any atom is -0.441 e. The molecule has 2 rings (SSSR count). The van der Waals surface area contributed by atoms with Crippen LogP contribution in [0.25, 0.3) is 11.3 Å². The first kappa shape index (κ1) is 14.0. The molecule has 0 aliphatic heterocycles. The van der Waals surface area contributed by atoms with Crippen molar-refractivity contribution < 1.29 is 4.42 Å². The summed E-state index contributed by atoms with van der Waals surface area (Å²) in [4.78, 5) is 4.32. The molecule has 0 amide bonds. The average molecular weight is 421 g/mol. The van der Waals surface area contributed by atoms with Gasteiger partial charge in [0.25, 0.3) is 0 Å². The Morgan fingerprint density at radius 1 is 1.44 bits per heavy atom. The summed E-state index contributed by atoms with van der Waals surface area (Å²) in [5, 5.41) is 3.12. The fraction of sp³-hybridized carbons (Fsp3) is 0.308. The first-order valence-corrected chi connectivity index (χ1v) is 7.62. The second-order valence-electron chi connectivity index (χ2n) is 3.95. The molecule has 0 saturated heterocycles. The molecule has 1 N–H and O–H groups in total. The number of halogens is 2. The van der Waals surface area contributed by atoms with E-state index >= 15 is 0 Å². The standard InChI is InChI=1S/C13H14BrIN2O/c1-16-6-2-3-13-17-8-12(18-13)10-7-9(14)4-5-11(10)15/h4-5,7-8,16H,2-3,6H2,1H3. The van der Waals surface area contributed by atoms with Crippen LogP contribution < -0.4 is 5.32 Å². The van der Waals surface area contributed by atoms with Gasteiger partial charge in [0.2, 0.25) is 0 Å². The van der Waals surface area contributed by atoms with E-state index in [1.165, 1.54) is 0 Å². The van der Waals surface area contributed by atoms with E-state index in [0.717, 1.165) is 44.6 Å². The molecule has 0 atom stereocenters. The summed E-state index contributed by atoms with van der Waals surface area (Å²) in [6, 6.07) is 6.14. The summed E-state index contributed by atoms with van der Waals surface area (Å²) >= 11 is 5.78. The second kappa shape index (κ2) is 6.68. The molecule has 1 aromatic heterocycles. The molecule has 1 heterocycles. The number of hydrogen-bond donors (Lipinski definition) is 1. The van der Waals surface area contributed by atoms with E-state index in [9.17, 15) is 0 Å². The molecular weight excluding hydrogens is 407 g/mol. The van der Waals surface area contributed by atoms with Gasteiger partial charge >= 0.3 is 0 Å². The number of hydrogen-bond acceptors (Lipinski definition) is 3. The van der Waals surface area contributed by atoms with Crippen molar-refractivity contribution in [1.82, 2.24) is 10.3 Å². The zero-order valence-corrected chi connectivity index (χ0v) is 13.8. The van der Waals surface area contributed by atoms with Crippen LogP contribution in [-0.4, -0.2) is 18.6 Å². The van der Waals surface area contributed by atoms with Crippen molar-refractivity contribution in [1.29, 1.82) is 0 Å². The van der Waals surface area contributed by atoms with Crippen molar-refractivity contribution in [2.24, 2.45) is 0 Å². The van der Waals surface area contributed by atoms with Crippen LogP contribution >= 0.6 is 38.5 Å². The second-order valence-corrected chi connectivity index (χ2v) is 6.03. The summed E-state index contributed by atoms with van der Waals surface area (Å²) < 4.78 is 8.00. The van der Waals surface area contributed by atoms with Crippen molar-refractivity contribution in [3.05, 3.63) is 38.3 Å². The van der Waals surface area contributed by atoms with Gasteiger partial charge < -0.3 is 9.73 Å². The van der Waals surface area contributed by atoms with Crippen LogP contribution in [-0.2, 0) is 6.42 Å². The van der Waals surface area contributed by atoms with E-state index < -0.39 is 0 Å². The third kappa shape index (κ3) is 3.55. The lowest BCUT2D eigenvalue weighted by molar-refractivity contribution is 0.495. The maximum atomic E-state index is 5.79. The molecule has 0 spiro atoms. The van der Waals surface area contributed by atoms with Crippen molar-refractivity contribution >= 4 is 38.5 Å². The molecule has 0 unspecified atom stereocenters. The van der Waals surface area contributed by atoms with Crippen molar-refractivity contribution in [2.75, 3.05) is 13.6 Å². The van der Waals surface area contributed by atoms with Gasteiger partial charge in [0.15, 0.2) is 11.7 Å². The predicted molar refractivity (Wildman–Crippen MR) is 84.6 cm³/mol. The highest BCUT2D eigenvalue weighted by molar-refractivity contribution is 14.1. The van der Waals surface area contributed by atoms with Crippen molar-refractivity contribution in [3.63, 3.8) is 0 Å². The monoisotopic (exact) mass is 420 g/mol. The number of rotatable bonds is 5. The van der Waals surface area contributed by atoms with Gasteiger partial charge in [0.1, 0.15) is 0 Å². The lowest BCUT2D eigenvalue weighted by atomic mass is 10.2. The molecule has 0 radical (unpaired) electrons. The third-order valence-corrected chi connectivity index (χ3v) is 4.00. The van der Waals surface area contributed by atoms with Crippen LogP contribution in [0.3, 0.4) is 0 Å². The largest absolute Gasteiger partial charge is 0.441 e. The molecule has 2 aromatic rings. The van der Waals surface area contributed by atoms with Crippen LogP contribution in [0.1, 0.15) is 12.3 Å². The summed E-state index contributed by atoms with van der Waals surface area (Å²) in [6.45, 7) is 0.978. The normalized spacial score (nSPS) is 10.8. The summed E-state index contributed by atoms with van der Waals surface area (Å²) in [6.07, 6.45) is 3.70. The van der Waals surface area contributed by atoms with Gasteiger partial charge in [-0.25, -0.2) is 4.98 Å². The van der Waals surface area contributed by atoms with Gasteiger partial charge in [-0.2, -0.15) is 0 Å². The van der Waals surface area contributed by atoms with E-state index in [1.807, 2.05) is 13.1 Å². The smallest absolute Gasteiger partial charge is 0.194 e. The molecule has 0 fully saturated rings. The Labute approximate surface area is 129 Å². The predicted octanol–water partition coefficient (Wildman–Crippen LogP) is 3.86. The fourth-order valence-corrected chi connectivity index (χ4v) is 2.62. The summed E-state index contributed by atoms with van der Waals surface area (Å²) in [5.41, 5.74) is 1.08.